The predicted molar refractivity (Wildman–Crippen MR) is 117 cm³/mol. The van der Waals surface area contributed by atoms with E-state index in [0.29, 0.717) is 5.92 Å². The van der Waals surface area contributed by atoms with Crippen molar-refractivity contribution in [3.63, 3.8) is 0 Å². The maximum atomic E-state index is 13.2. The van der Waals surface area contributed by atoms with E-state index >= 15 is 0 Å². The van der Waals surface area contributed by atoms with E-state index in [2.05, 4.69) is 61.5 Å². The van der Waals surface area contributed by atoms with Crippen molar-refractivity contribution in [1.82, 2.24) is 4.90 Å². The SMILES string of the molecule is COC1c2ccc(-c3ccc(-c4ccc(F)cc4)cc3)cc2CCC1CN(C)C. The van der Waals surface area contributed by atoms with Crippen molar-refractivity contribution in [2.75, 3.05) is 27.7 Å². The van der Waals surface area contributed by atoms with Gasteiger partial charge in [0.05, 0.1) is 6.10 Å². The zero-order chi connectivity index (χ0) is 20.4. The standard InChI is InChI=1S/C26H28FNO/c1-28(2)17-23-9-8-22-16-21(12-15-25(22)26(23)29-3)20-6-4-18(5-7-20)19-10-13-24(27)14-11-19/h4-7,10-16,23,26H,8-9,17H2,1-3H3. The Labute approximate surface area is 172 Å². The highest BCUT2D eigenvalue weighted by Crippen LogP contribution is 2.39. The van der Waals surface area contributed by atoms with Gasteiger partial charge in [-0.15, -0.1) is 0 Å². The Hall–Kier alpha value is -2.49. The van der Waals surface area contributed by atoms with Crippen LogP contribution in [0.2, 0.25) is 0 Å². The van der Waals surface area contributed by atoms with E-state index in [4.69, 9.17) is 4.74 Å². The van der Waals surface area contributed by atoms with Gasteiger partial charge in [-0.2, -0.15) is 0 Å². The number of benzene rings is 3. The molecule has 0 bridgehead atoms. The van der Waals surface area contributed by atoms with Gasteiger partial charge >= 0.3 is 0 Å². The zero-order valence-electron chi connectivity index (χ0n) is 17.4. The number of rotatable bonds is 5. The molecule has 0 amide bonds. The smallest absolute Gasteiger partial charge is 0.123 e. The molecule has 0 N–H and O–H groups in total. The molecule has 0 spiro atoms. The van der Waals surface area contributed by atoms with Crippen LogP contribution < -0.4 is 0 Å². The van der Waals surface area contributed by atoms with Crippen LogP contribution in [0.5, 0.6) is 0 Å². The second-order valence-electron chi connectivity index (χ2n) is 8.22. The first-order valence-corrected chi connectivity index (χ1v) is 10.2. The Morgan fingerprint density at radius 1 is 0.862 bits per heavy atom. The maximum absolute atomic E-state index is 13.2. The molecule has 0 saturated heterocycles. The summed E-state index contributed by atoms with van der Waals surface area (Å²) in [5.74, 6) is 0.324. The summed E-state index contributed by atoms with van der Waals surface area (Å²) in [6.07, 6.45) is 2.40. The number of nitrogens with zero attached hydrogens (tertiary/aromatic N) is 1. The highest BCUT2D eigenvalue weighted by atomic mass is 19.1. The highest BCUT2D eigenvalue weighted by molar-refractivity contribution is 5.71. The monoisotopic (exact) mass is 389 g/mol. The summed E-state index contributed by atoms with van der Waals surface area (Å²) >= 11 is 0. The molecule has 29 heavy (non-hydrogen) atoms. The lowest BCUT2D eigenvalue weighted by Gasteiger charge is -2.34. The van der Waals surface area contributed by atoms with E-state index in [0.717, 1.165) is 30.5 Å². The molecule has 2 atom stereocenters. The van der Waals surface area contributed by atoms with Crippen LogP contribution in [0.3, 0.4) is 0 Å². The lowest BCUT2D eigenvalue weighted by atomic mass is 9.80. The summed E-state index contributed by atoms with van der Waals surface area (Å²) in [7, 11) is 6.08. The van der Waals surface area contributed by atoms with Gasteiger partial charge in [-0.1, -0.05) is 54.6 Å². The molecular weight excluding hydrogens is 361 g/mol. The van der Waals surface area contributed by atoms with Crippen LogP contribution >= 0.6 is 0 Å². The summed E-state index contributed by atoms with van der Waals surface area (Å²) in [6, 6.07) is 21.9. The number of fused-ring (bicyclic) bond motifs is 1. The minimum atomic E-state index is -0.207. The molecule has 0 aliphatic heterocycles. The van der Waals surface area contributed by atoms with E-state index in [1.54, 1.807) is 0 Å². The molecule has 150 valence electrons. The molecule has 2 unspecified atom stereocenters. The number of methoxy groups -OCH3 is 1. The van der Waals surface area contributed by atoms with Crippen LogP contribution in [0.15, 0.2) is 66.7 Å². The molecule has 0 heterocycles. The first kappa shape index (κ1) is 19.8. The fraction of sp³-hybridized carbons (Fsp3) is 0.308. The van der Waals surface area contributed by atoms with Crippen molar-refractivity contribution in [3.05, 3.63) is 83.7 Å². The Balaban J connectivity index is 1.58. The third-order valence-corrected chi connectivity index (χ3v) is 5.91. The van der Waals surface area contributed by atoms with E-state index in [1.165, 1.54) is 34.4 Å². The molecule has 1 aliphatic rings. The number of aryl methyl sites for hydroxylation is 1. The molecule has 0 saturated carbocycles. The second kappa shape index (κ2) is 8.48. The van der Waals surface area contributed by atoms with Crippen LogP contribution in [0.1, 0.15) is 23.7 Å². The first-order valence-electron chi connectivity index (χ1n) is 10.2. The summed E-state index contributed by atoms with van der Waals surface area (Å²) in [5.41, 5.74) is 7.28. The fourth-order valence-electron chi connectivity index (χ4n) is 4.50. The lowest BCUT2D eigenvalue weighted by molar-refractivity contribution is 0.0299. The molecule has 0 fully saturated rings. The Morgan fingerprint density at radius 3 is 2.00 bits per heavy atom. The van der Waals surface area contributed by atoms with Gasteiger partial charge < -0.3 is 9.64 Å². The molecule has 0 aromatic heterocycles. The average molecular weight is 390 g/mol. The molecule has 1 aliphatic carbocycles. The summed E-state index contributed by atoms with van der Waals surface area (Å²) in [5, 5.41) is 0. The number of hydrogen-bond acceptors (Lipinski definition) is 2. The van der Waals surface area contributed by atoms with Crippen molar-refractivity contribution in [2.24, 2.45) is 5.92 Å². The minimum absolute atomic E-state index is 0.163. The van der Waals surface area contributed by atoms with Gasteiger partial charge in [0.1, 0.15) is 5.82 Å². The first-order chi connectivity index (χ1) is 14.0. The van der Waals surface area contributed by atoms with Gasteiger partial charge in [0.2, 0.25) is 0 Å². The zero-order valence-corrected chi connectivity index (χ0v) is 17.4. The third-order valence-electron chi connectivity index (χ3n) is 5.91. The molecule has 0 radical (unpaired) electrons. The minimum Gasteiger partial charge on any atom is -0.376 e. The Bertz CT molecular complexity index is 963. The molecule has 4 rings (SSSR count). The van der Waals surface area contributed by atoms with Crippen molar-refractivity contribution in [3.8, 4) is 22.3 Å². The number of ether oxygens (including phenoxy) is 1. The molecule has 3 aromatic rings. The van der Waals surface area contributed by atoms with E-state index in [1.807, 2.05) is 19.2 Å². The van der Waals surface area contributed by atoms with E-state index in [9.17, 15) is 4.39 Å². The van der Waals surface area contributed by atoms with Gasteiger partial charge in [-0.3, -0.25) is 0 Å². The van der Waals surface area contributed by atoms with Gasteiger partial charge in [0.15, 0.2) is 0 Å². The lowest BCUT2D eigenvalue weighted by Crippen LogP contribution is -2.31. The van der Waals surface area contributed by atoms with Crippen LogP contribution in [0.4, 0.5) is 4.39 Å². The van der Waals surface area contributed by atoms with Crippen molar-refractivity contribution in [1.29, 1.82) is 0 Å². The van der Waals surface area contributed by atoms with Crippen LogP contribution in [0.25, 0.3) is 22.3 Å². The predicted octanol–water partition coefficient (Wildman–Crippen LogP) is 5.97. The number of hydrogen-bond donors (Lipinski definition) is 0. The van der Waals surface area contributed by atoms with Crippen LogP contribution in [0, 0.1) is 11.7 Å². The fourth-order valence-corrected chi connectivity index (χ4v) is 4.50. The average Bonchev–Trinajstić information content (AvgIpc) is 2.73. The quantitative estimate of drug-likeness (QED) is 0.533. The Morgan fingerprint density at radius 2 is 1.41 bits per heavy atom. The third kappa shape index (κ3) is 4.26. The molecule has 3 heteroatoms. The Kier molecular flexibility index (Phi) is 5.79. The molecule has 2 nitrogen and oxygen atoms in total. The van der Waals surface area contributed by atoms with Crippen molar-refractivity contribution in [2.45, 2.75) is 18.9 Å². The van der Waals surface area contributed by atoms with Crippen molar-refractivity contribution >= 4 is 0 Å². The van der Waals surface area contributed by atoms with Gasteiger partial charge in [0.25, 0.3) is 0 Å². The van der Waals surface area contributed by atoms with Crippen molar-refractivity contribution < 1.29 is 9.13 Å². The largest absolute Gasteiger partial charge is 0.376 e. The summed E-state index contributed by atoms with van der Waals surface area (Å²) in [4.78, 5) is 2.25. The van der Waals surface area contributed by atoms with Crippen LogP contribution in [-0.4, -0.2) is 32.6 Å². The van der Waals surface area contributed by atoms with E-state index < -0.39 is 0 Å². The summed E-state index contributed by atoms with van der Waals surface area (Å²) < 4.78 is 19.1. The highest BCUT2D eigenvalue weighted by Gasteiger charge is 2.30. The normalized spacial score (nSPS) is 18.7. The van der Waals surface area contributed by atoms with E-state index in [-0.39, 0.29) is 11.9 Å². The second-order valence-corrected chi connectivity index (χ2v) is 8.22. The molecular formula is C26H28FNO. The van der Waals surface area contributed by atoms with Gasteiger partial charge in [-0.05, 0) is 72.5 Å². The van der Waals surface area contributed by atoms with Crippen LogP contribution in [-0.2, 0) is 11.2 Å². The maximum Gasteiger partial charge on any atom is 0.123 e. The molecule has 3 aromatic carbocycles. The van der Waals surface area contributed by atoms with Gasteiger partial charge in [-0.25, -0.2) is 4.39 Å². The summed E-state index contributed by atoms with van der Waals surface area (Å²) in [6.45, 7) is 1.05. The topological polar surface area (TPSA) is 12.5 Å². The number of halogens is 1. The van der Waals surface area contributed by atoms with Gasteiger partial charge in [0, 0.05) is 19.6 Å².